The van der Waals surface area contributed by atoms with E-state index in [4.69, 9.17) is 5.73 Å². The quantitative estimate of drug-likeness (QED) is 0.452. The van der Waals surface area contributed by atoms with Crippen LogP contribution < -0.4 is 5.73 Å². The van der Waals surface area contributed by atoms with Gasteiger partial charge in [-0.15, -0.1) is 34.2 Å². The lowest BCUT2D eigenvalue weighted by Gasteiger charge is -2.16. The minimum atomic E-state index is -4.41. The molecule has 0 atom stereocenters. The van der Waals surface area contributed by atoms with Gasteiger partial charge in [0.1, 0.15) is 6.54 Å². The van der Waals surface area contributed by atoms with E-state index in [0.29, 0.717) is 23.5 Å². The van der Waals surface area contributed by atoms with Crippen LogP contribution in [0, 0.1) is 0 Å². The summed E-state index contributed by atoms with van der Waals surface area (Å²) in [5, 5.41) is 7.71. The summed E-state index contributed by atoms with van der Waals surface area (Å²) in [6, 6.07) is 2.67. The van der Waals surface area contributed by atoms with E-state index in [-0.39, 0.29) is 30.5 Å². The molecule has 1 aliphatic rings. The Balaban J connectivity index is 0.00000192. The molecule has 0 saturated heterocycles. The maximum atomic E-state index is 12.8. The van der Waals surface area contributed by atoms with Crippen LogP contribution in [0.5, 0.6) is 0 Å². The summed E-state index contributed by atoms with van der Waals surface area (Å²) in [4.78, 5) is 6.05. The molecule has 1 saturated carbocycles. The van der Waals surface area contributed by atoms with Gasteiger partial charge in [0.05, 0.1) is 5.56 Å². The highest BCUT2D eigenvalue weighted by molar-refractivity contribution is 14.0. The molecule has 0 aliphatic heterocycles. The molecule has 2 heterocycles. The van der Waals surface area contributed by atoms with Crippen molar-refractivity contribution in [1.82, 2.24) is 19.5 Å². The first-order valence-electron chi connectivity index (χ1n) is 6.80. The van der Waals surface area contributed by atoms with Gasteiger partial charge in [0.2, 0.25) is 0 Å². The summed E-state index contributed by atoms with van der Waals surface area (Å²) in [6.07, 6.45) is -1.28. The van der Waals surface area contributed by atoms with Crippen LogP contribution in [-0.2, 0) is 12.7 Å². The monoisotopic (exact) mass is 440 g/mol. The highest BCUT2D eigenvalue weighted by atomic mass is 127. The van der Waals surface area contributed by atoms with Crippen molar-refractivity contribution < 1.29 is 13.2 Å². The van der Waals surface area contributed by atoms with Crippen molar-refractivity contribution in [3.63, 3.8) is 0 Å². The summed E-state index contributed by atoms with van der Waals surface area (Å²) in [7, 11) is 1.85. The Hall–Kier alpha value is -1.59. The van der Waals surface area contributed by atoms with E-state index in [1.165, 1.54) is 10.5 Å². The fraction of sp³-hybridized carbons (Fsp3) is 0.462. The largest absolute Gasteiger partial charge is 0.417 e. The van der Waals surface area contributed by atoms with Gasteiger partial charge >= 0.3 is 6.18 Å². The third-order valence-electron chi connectivity index (χ3n) is 3.64. The molecule has 2 aromatic heterocycles. The van der Waals surface area contributed by atoms with Crippen molar-refractivity contribution in [2.45, 2.75) is 31.6 Å². The van der Waals surface area contributed by atoms with Gasteiger partial charge < -0.3 is 10.6 Å². The standard InChI is InChI=1S/C13H15F3N6.HI/c1-21(9-3-4-9)12(17)18-6-11-20-19-10-5-2-8(7-22(10)11)13(14,15)16;/h2,5,7,9H,3-4,6H2,1H3,(H2,17,18);1H. The smallest absolute Gasteiger partial charge is 0.370 e. The maximum absolute atomic E-state index is 12.8. The number of nitrogens with two attached hydrogens (primary N) is 1. The zero-order chi connectivity index (χ0) is 15.9. The second-order valence-electron chi connectivity index (χ2n) is 5.28. The Labute approximate surface area is 147 Å². The molecule has 6 nitrogen and oxygen atoms in total. The molecule has 0 aromatic carbocycles. The molecule has 0 bridgehead atoms. The Morgan fingerprint density at radius 2 is 2.09 bits per heavy atom. The molecule has 2 N–H and O–H groups in total. The van der Waals surface area contributed by atoms with Crippen LogP contribution in [0.4, 0.5) is 13.2 Å². The molecular formula is C13H16F3IN6. The van der Waals surface area contributed by atoms with Gasteiger partial charge in [-0.1, -0.05) is 0 Å². The van der Waals surface area contributed by atoms with Crippen LogP contribution in [0.3, 0.4) is 0 Å². The highest BCUT2D eigenvalue weighted by Gasteiger charge is 2.31. The second-order valence-corrected chi connectivity index (χ2v) is 5.28. The lowest BCUT2D eigenvalue weighted by Crippen LogP contribution is -2.35. The minimum absolute atomic E-state index is 0. The van der Waals surface area contributed by atoms with Crippen LogP contribution in [0.15, 0.2) is 23.3 Å². The van der Waals surface area contributed by atoms with Crippen LogP contribution >= 0.6 is 24.0 Å². The van der Waals surface area contributed by atoms with Crippen molar-refractivity contribution >= 4 is 35.6 Å². The summed E-state index contributed by atoms with van der Waals surface area (Å²) in [6.45, 7) is 0.0748. The molecule has 10 heteroatoms. The van der Waals surface area contributed by atoms with Gasteiger partial charge in [-0.2, -0.15) is 13.2 Å². The van der Waals surface area contributed by atoms with E-state index in [1.54, 1.807) is 0 Å². The van der Waals surface area contributed by atoms with Crippen molar-refractivity contribution in [1.29, 1.82) is 0 Å². The number of guanidine groups is 1. The van der Waals surface area contributed by atoms with Gasteiger partial charge in [0, 0.05) is 19.3 Å². The van der Waals surface area contributed by atoms with E-state index in [2.05, 4.69) is 15.2 Å². The number of hydrogen-bond donors (Lipinski definition) is 1. The Morgan fingerprint density at radius 1 is 1.39 bits per heavy atom. The predicted octanol–water partition coefficient (Wildman–Crippen LogP) is 2.28. The summed E-state index contributed by atoms with van der Waals surface area (Å²) in [5.74, 6) is 0.666. The first-order valence-corrected chi connectivity index (χ1v) is 6.80. The minimum Gasteiger partial charge on any atom is -0.370 e. The number of pyridine rings is 1. The van der Waals surface area contributed by atoms with Crippen LogP contribution in [0.25, 0.3) is 5.65 Å². The van der Waals surface area contributed by atoms with Gasteiger partial charge in [-0.25, -0.2) is 4.99 Å². The molecule has 1 aliphatic carbocycles. The maximum Gasteiger partial charge on any atom is 0.417 e. The third kappa shape index (κ3) is 3.85. The van der Waals surface area contributed by atoms with Crippen molar-refractivity contribution in [3.05, 3.63) is 29.7 Å². The first-order chi connectivity index (χ1) is 10.4. The SMILES string of the molecule is CN(C(N)=NCc1nnc2ccc(C(F)(F)F)cn12)C1CC1.I. The van der Waals surface area contributed by atoms with Crippen LogP contribution in [0.2, 0.25) is 0 Å². The lowest BCUT2D eigenvalue weighted by atomic mass is 10.3. The number of alkyl halides is 3. The van der Waals surface area contributed by atoms with E-state index >= 15 is 0 Å². The Bertz CT molecular complexity index is 722. The van der Waals surface area contributed by atoms with Gasteiger partial charge in [0.15, 0.2) is 17.4 Å². The third-order valence-corrected chi connectivity index (χ3v) is 3.64. The summed E-state index contributed by atoms with van der Waals surface area (Å²) >= 11 is 0. The molecule has 0 unspecified atom stereocenters. The number of fused-ring (bicyclic) bond motifs is 1. The average molecular weight is 440 g/mol. The number of rotatable bonds is 3. The number of aromatic nitrogens is 3. The Morgan fingerprint density at radius 3 is 2.70 bits per heavy atom. The highest BCUT2D eigenvalue weighted by Crippen LogP contribution is 2.29. The number of hydrogen-bond acceptors (Lipinski definition) is 3. The average Bonchev–Trinajstić information content (AvgIpc) is 3.23. The number of aliphatic imine (C=N–C) groups is 1. The molecule has 23 heavy (non-hydrogen) atoms. The van der Waals surface area contributed by atoms with Crippen LogP contribution in [-0.4, -0.2) is 38.5 Å². The van der Waals surface area contributed by atoms with Gasteiger partial charge in [-0.3, -0.25) is 4.40 Å². The normalized spacial score (nSPS) is 15.6. The van der Waals surface area contributed by atoms with E-state index in [9.17, 15) is 13.2 Å². The molecule has 0 amide bonds. The Kier molecular flexibility index (Phi) is 5.01. The lowest BCUT2D eigenvalue weighted by molar-refractivity contribution is -0.137. The molecule has 2 aromatic rings. The molecule has 126 valence electrons. The van der Waals surface area contributed by atoms with Crippen molar-refractivity contribution in [2.75, 3.05) is 7.05 Å². The number of nitrogens with zero attached hydrogens (tertiary/aromatic N) is 5. The topological polar surface area (TPSA) is 71.8 Å². The molecular weight excluding hydrogens is 424 g/mol. The van der Waals surface area contributed by atoms with E-state index in [1.807, 2.05) is 11.9 Å². The summed E-state index contributed by atoms with van der Waals surface area (Å²) < 4.78 is 39.6. The predicted molar refractivity (Wildman–Crippen MR) is 89.5 cm³/mol. The second kappa shape index (κ2) is 6.49. The summed E-state index contributed by atoms with van der Waals surface area (Å²) in [5.41, 5.74) is 5.44. The molecule has 0 radical (unpaired) electrons. The van der Waals surface area contributed by atoms with E-state index in [0.717, 1.165) is 25.1 Å². The molecule has 3 rings (SSSR count). The fourth-order valence-electron chi connectivity index (χ4n) is 2.13. The van der Waals surface area contributed by atoms with Crippen LogP contribution in [0.1, 0.15) is 24.2 Å². The van der Waals surface area contributed by atoms with Crippen molar-refractivity contribution in [3.8, 4) is 0 Å². The number of halogens is 4. The van der Waals surface area contributed by atoms with Crippen molar-refractivity contribution in [2.24, 2.45) is 10.7 Å². The van der Waals surface area contributed by atoms with Gasteiger partial charge in [0.25, 0.3) is 0 Å². The molecule has 1 fully saturated rings. The van der Waals surface area contributed by atoms with Gasteiger partial charge in [-0.05, 0) is 25.0 Å². The van der Waals surface area contributed by atoms with E-state index < -0.39 is 11.7 Å². The zero-order valence-electron chi connectivity index (χ0n) is 12.3. The molecule has 0 spiro atoms. The zero-order valence-corrected chi connectivity index (χ0v) is 14.6. The first kappa shape index (κ1) is 17.8. The fourth-order valence-corrected chi connectivity index (χ4v) is 2.13.